The van der Waals surface area contributed by atoms with E-state index in [0.717, 1.165) is 26.0 Å². The third-order valence-electron chi connectivity index (χ3n) is 4.27. The second kappa shape index (κ2) is 5.61. The molecular weight excluding hydrogens is 236 g/mol. The van der Waals surface area contributed by atoms with Crippen LogP contribution in [0.2, 0.25) is 0 Å². The first kappa shape index (κ1) is 14.5. The highest BCUT2D eigenvalue weighted by molar-refractivity contribution is 5.15. The van der Waals surface area contributed by atoms with E-state index >= 15 is 0 Å². The summed E-state index contributed by atoms with van der Waals surface area (Å²) in [5.74, 6) is 0. The standard InChI is InChI=1S/C16H26N2O/c1-15(2)12-16(13-17,9-10-19-15)18(3)11-14-7-5-4-6-8-14/h4-8H,9-13,17H2,1-3H3. The number of benzene rings is 1. The van der Waals surface area contributed by atoms with Gasteiger partial charge in [0.1, 0.15) is 0 Å². The topological polar surface area (TPSA) is 38.5 Å². The van der Waals surface area contributed by atoms with E-state index in [9.17, 15) is 0 Å². The summed E-state index contributed by atoms with van der Waals surface area (Å²) in [4.78, 5) is 2.41. The van der Waals surface area contributed by atoms with E-state index in [-0.39, 0.29) is 11.1 Å². The molecule has 1 heterocycles. The lowest BCUT2D eigenvalue weighted by atomic mass is 9.80. The van der Waals surface area contributed by atoms with Crippen LogP contribution in [0.1, 0.15) is 32.3 Å². The first-order chi connectivity index (χ1) is 8.97. The van der Waals surface area contributed by atoms with Gasteiger partial charge in [0.2, 0.25) is 0 Å². The Bertz CT molecular complexity index is 404. The van der Waals surface area contributed by atoms with Gasteiger partial charge in [-0.3, -0.25) is 4.90 Å². The molecule has 1 unspecified atom stereocenters. The van der Waals surface area contributed by atoms with E-state index in [0.29, 0.717) is 6.54 Å². The highest BCUT2D eigenvalue weighted by Gasteiger charge is 2.42. The van der Waals surface area contributed by atoms with Crippen molar-refractivity contribution in [3.63, 3.8) is 0 Å². The molecule has 1 aromatic carbocycles. The molecule has 106 valence electrons. The molecule has 19 heavy (non-hydrogen) atoms. The van der Waals surface area contributed by atoms with Crippen molar-refractivity contribution in [2.45, 2.75) is 44.4 Å². The van der Waals surface area contributed by atoms with E-state index in [2.05, 4.69) is 56.1 Å². The minimum absolute atomic E-state index is 0.0532. The molecule has 1 aromatic rings. The number of rotatable bonds is 4. The number of ether oxygens (including phenoxy) is 1. The fourth-order valence-electron chi connectivity index (χ4n) is 3.13. The van der Waals surface area contributed by atoms with Gasteiger partial charge in [-0.05, 0) is 39.3 Å². The van der Waals surface area contributed by atoms with Crippen molar-refractivity contribution >= 4 is 0 Å². The summed E-state index contributed by atoms with van der Waals surface area (Å²) in [7, 11) is 2.18. The maximum Gasteiger partial charge on any atom is 0.0644 e. The third-order valence-corrected chi connectivity index (χ3v) is 4.27. The Kier molecular flexibility index (Phi) is 4.29. The molecule has 1 atom stereocenters. The van der Waals surface area contributed by atoms with Gasteiger partial charge in [0.15, 0.2) is 0 Å². The van der Waals surface area contributed by atoms with Crippen LogP contribution >= 0.6 is 0 Å². The van der Waals surface area contributed by atoms with Crippen molar-refractivity contribution in [3.8, 4) is 0 Å². The summed E-state index contributed by atoms with van der Waals surface area (Å²) in [5, 5.41) is 0. The van der Waals surface area contributed by atoms with Crippen LogP contribution in [0, 0.1) is 0 Å². The quantitative estimate of drug-likeness (QED) is 0.905. The summed E-state index contributed by atoms with van der Waals surface area (Å²) in [5.41, 5.74) is 7.42. The Morgan fingerprint density at radius 3 is 2.53 bits per heavy atom. The molecule has 3 heteroatoms. The van der Waals surface area contributed by atoms with Crippen LogP contribution in [-0.4, -0.2) is 36.2 Å². The molecule has 1 fully saturated rings. The van der Waals surface area contributed by atoms with Crippen molar-refractivity contribution in [2.24, 2.45) is 5.73 Å². The second-order valence-electron chi connectivity index (χ2n) is 6.31. The van der Waals surface area contributed by atoms with Crippen LogP contribution in [0.25, 0.3) is 0 Å². The van der Waals surface area contributed by atoms with Gasteiger partial charge in [0, 0.05) is 25.2 Å². The van der Waals surface area contributed by atoms with Crippen molar-refractivity contribution in [2.75, 3.05) is 20.2 Å². The average molecular weight is 262 g/mol. The molecule has 1 aliphatic heterocycles. The smallest absolute Gasteiger partial charge is 0.0644 e. The fraction of sp³-hybridized carbons (Fsp3) is 0.625. The van der Waals surface area contributed by atoms with E-state index in [1.807, 2.05) is 0 Å². The van der Waals surface area contributed by atoms with E-state index in [1.54, 1.807) is 0 Å². The largest absolute Gasteiger partial charge is 0.375 e. The Balaban J connectivity index is 2.12. The van der Waals surface area contributed by atoms with Gasteiger partial charge in [-0.2, -0.15) is 0 Å². The molecular formula is C16H26N2O. The molecule has 0 spiro atoms. The Hall–Kier alpha value is -0.900. The van der Waals surface area contributed by atoms with E-state index in [4.69, 9.17) is 10.5 Å². The lowest BCUT2D eigenvalue weighted by Gasteiger charge is -2.49. The highest BCUT2D eigenvalue weighted by atomic mass is 16.5. The zero-order valence-electron chi connectivity index (χ0n) is 12.4. The maximum absolute atomic E-state index is 6.12. The van der Waals surface area contributed by atoms with Gasteiger partial charge in [-0.15, -0.1) is 0 Å². The van der Waals surface area contributed by atoms with Crippen LogP contribution < -0.4 is 5.73 Å². The van der Waals surface area contributed by atoms with Crippen LogP contribution in [0.5, 0.6) is 0 Å². The van der Waals surface area contributed by atoms with Crippen molar-refractivity contribution < 1.29 is 4.74 Å². The Labute approximate surface area is 116 Å². The zero-order chi connectivity index (χ0) is 13.9. The number of likely N-dealkylation sites (N-methyl/N-ethyl adjacent to an activating group) is 1. The van der Waals surface area contributed by atoms with E-state index < -0.39 is 0 Å². The first-order valence-corrected chi connectivity index (χ1v) is 7.07. The first-order valence-electron chi connectivity index (χ1n) is 7.07. The van der Waals surface area contributed by atoms with Crippen molar-refractivity contribution in [1.29, 1.82) is 0 Å². The van der Waals surface area contributed by atoms with Crippen molar-refractivity contribution in [3.05, 3.63) is 35.9 Å². The Morgan fingerprint density at radius 1 is 1.26 bits per heavy atom. The van der Waals surface area contributed by atoms with Gasteiger partial charge < -0.3 is 10.5 Å². The fourth-order valence-corrected chi connectivity index (χ4v) is 3.13. The molecule has 0 aliphatic carbocycles. The van der Waals surface area contributed by atoms with Crippen molar-refractivity contribution in [1.82, 2.24) is 4.90 Å². The molecule has 1 saturated heterocycles. The molecule has 2 N–H and O–H groups in total. The van der Waals surface area contributed by atoms with Gasteiger partial charge in [0.05, 0.1) is 5.60 Å². The zero-order valence-corrected chi connectivity index (χ0v) is 12.4. The summed E-state index contributed by atoms with van der Waals surface area (Å²) in [6.07, 6.45) is 2.00. The predicted octanol–water partition coefficient (Wildman–Crippen LogP) is 2.40. The molecule has 0 radical (unpaired) electrons. The number of nitrogens with two attached hydrogens (primary N) is 1. The number of hydrogen-bond donors (Lipinski definition) is 1. The highest BCUT2D eigenvalue weighted by Crippen LogP contribution is 2.35. The molecule has 2 rings (SSSR count). The summed E-state index contributed by atoms with van der Waals surface area (Å²) >= 11 is 0. The summed E-state index contributed by atoms with van der Waals surface area (Å²) in [6, 6.07) is 10.6. The maximum atomic E-state index is 6.12. The summed E-state index contributed by atoms with van der Waals surface area (Å²) < 4.78 is 5.84. The predicted molar refractivity (Wildman–Crippen MR) is 79.0 cm³/mol. The van der Waals surface area contributed by atoms with Crippen LogP contribution in [0.4, 0.5) is 0 Å². The molecule has 0 aromatic heterocycles. The lowest BCUT2D eigenvalue weighted by molar-refractivity contribution is -0.115. The Morgan fingerprint density at radius 2 is 1.95 bits per heavy atom. The van der Waals surface area contributed by atoms with Gasteiger partial charge in [-0.1, -0.05) is 30.3 Å². The normalized spacial score (nSPS) is 26.6. The number of nitrogens with zero attached hydrogens (tertiary/aromatic N) is 1. The monoisotopic (exact) mass is 262 g/mol. The molecule has 0 bridgehead atoms. The SMILES string of the molecule is CN(Cc1ccccc1)C1(CN)CCOC(C)(C)C1. The van der Waals surface area contributed by atoms with E-state index in [1.165, 1.54) is 5.56 Å². The lowest BCUT2D eigenvalue weighted by Crippen LogP contribution is -2.59. The molecule has 0 saturated carbocycles. The minimum Gasteiger partial charge on any atom is -0.375 e. The van der Waals surface area contributed by atoms with Crippen LogP contribution in [0.15, 0.2) is 30.3 Å². The van der Waals surface area contributed by atoms with Gasteiger partial charge >= 0.3 is 0 Å². The molecule has 1 aliphatic rings. The summed E-state index contributed by atoms with van der Waals surface area (Å²) in [6.45, 7) is 6.74. The molecule has 3 nitrogen and oxygen atoms in total. The molecule has 0 amide bonds. The minimum atomic E-state index is -0.0808. The van der Waals surface area contributed by atoms with Crippen LogP contribution in [-0.2, 0) is 11.3 Å². The van der Waals surface area contributed by atoms with Crippen LogP contribution in [0.3, 0.4) is 0 Å². The third kappa shape index (κ3) is 3.35. The number of hydrogen-bond acceptors (Lipinski definition) is 3. The van der Waals surface area contributed by atoms with Gasteiger partial charge in [0.25, 0.3) is 0 Å². The average Bonchev–Trinajstić information content (AvgIpc) is 2.38. The van der Waals surface area contributed by atoms with Gasteiger partial charge in [-0.25, -0.2) is 0 Å². The second-order valence-corrected chi connectivity index (χ2v) is 6.31.